The Bertz CT molecular complexity index is 467. The summed E-state index contributed by atoms with van der Waals surface area (Å²) in [5.41, 5.74) is 3.49. The summed E-state index contributed by atoms with van der Waals surface area (Å²) < 4.78 is 0.486. The normalized spacial score (nSPS) is 12.7. The van der Waals surface area contributed by atoms with E-state index in [1.165, 1.54) is 5.56 Å². The van der Waals surface area contributed by atoms with Crippen LogP contribution >= 0.6 is 23.5 Å². The lowest BCUT2D eigenvalue weighted by molar-refractivity contribution is 0.464. The molecule has 0 fully saturated rings. The largest absolute Gasteiger partial charge is 0.507 e. The molecule has 0 bridgehead atoms. The molecule has 0 radical (unpaired) electrons. The van der Waals surface area contributed by atoms with Crippen LogP contribution < -0.4 is 0 Å². The van der Waals surface area contributed by atoms with E-state index >= 15 is 0 Å². The molecule has 0 spiro atoms. The lowest BCUT2D eigenvalue weighted by Crippen LogP contribution is -2.09. The van der Waals surface area contributed by atoms with E-state index in [1.807, 2.05) is 23.5 Å². The van der Waals surface area contributed by atoms with Crippen LogP contribution in [0.3, 0.4) is 0 Å². The van der Waals surface area contributed by atoms with E-state index in [9.17, 15) is 5.11 Å². The number of rotatable bonds is 5. The molecule has 0 aromatic heterocycles. The van der Waals surface area contributed by atoms with Gasteiger partial charge in [0.25, 0.3) is 0 Å². The molecule has 0 saturated carbocycles. The van der Waals surface area contributed by atoms with Crippen molar-refractivity contribution >= 4 is 23.5 Å². The van der Waals surface area contributed by atoms with E-state index in [-0.39, 0.29) is 9.49 Å². The number of hydrogen-bond donors (Lipinski definition) is 1. The second kappa shape index (κ2) is 7.32. The number of aryl methyl sites for hydroxylation is 1. The van der Waals surface area contributed by atoms with Gasteiger partial charge in [-0.15, -0.1) is 0 Å². The summed E-state index contributed by atoms with van der Waals surface area (Å²) in [6.07, 6.45) is 0.882. The lowest BCUT2D eigenvalue weighted by atomic mass is 10.0. The van der Waals surface area contributed by atoms with Gasteiger partial charge in [0.2, 0.25) is 0 Å². The Morgan fingerprint density at radius 3 is 1.81 bits per heavy atom. The highest BCUT2D eigenvalue weighted by Gasteiger charge is 2.16. The highest BCUT2D eigenvalue weighted by Crippen LogP contribution is 2.35. The summed E-state index contributed by atoms with van der Waals surface area (Å²) >= 11 is 3.84. The van der Waals surface area contributed by atoms with Crippen LogP contribution in [0.4, 0.5) is 0 Å². The molecule has 0 aliphatic carbocycles. The highest BCUT2D eigenvalue weighted by atomic mass is 32.2. The smallest absolute Gasteiger partial charge is 0.122 e. The molecule has 1 aromatic rings. The van der Waals surface area contributed by atoms with E-state index in [0.717, 1.165) is 29.1 Å². The molecule has 1 aromatic carbocycles. The number of aromatic hydroxyl groups is 1. The number of hydrogen-bond acceptors (Lipinski definition) is 3. The maximum absolute atomic E-state index is 10.4. The van der Waals surface area contributed by atoms with Gasteiger partial charge in [-0.25, -0.2) is 0 Å². The first-order chi connectivity index (χ1) is 9.52. The van der Waals surface area contributed by atoms with Crippen LogP contribution in [0.15, 0.2) is 12.1 Å². The van der Waals surface area contributed by atoms with Gasteiger partial charge >= 0.3 is 0 Å². The van der Waals surface area contributed by atoms with E-state index in [1.54, 1.807) is 0 Å². The number of thioether (sulfide) groups is 2. The Hall–Kier alpha value is -0.280. The van der Waals surface area contributed by atoms with E-state index in [2.05, 4.69) is 60.6 Å². The minimum atomic E-state index is 0.217. The summed E-state index contributed by atoms with van der Waals surface area (Å²) in [5.74, 6) is 2.37. The average molecular weight is 327 g/mol. The van der Waals surface area contributed by atoms with Crippen LogP contribution in [0.1, 0.15) is 65.2 Å². The Morgan fingerprint density at radius 1 is 0.857 bits per heavy atom. The zero-order valence-corrected chi connectivity index (χ0v) is 16.2. The van der Waals surface area contributed by atoms with Crippen molar-refractivity contribution in [3.63, 3.8) is 0 Å². The van der Waals surface area contributed by atoms with Gasteiger partial charge in [0.15, 0.2) is 0 Å². The molecule has 3 heteroatoms. The van der Waals surface area contributed by atoms with Crippen molar-refractivity contribution in [2.24, 2.45) is 0 Å². The third-order valence-electron chi connectivity index (χ3n) is 3.04. The molecule has 120 valence electrons. The second-order valence-corrected chi connectivity index (χ2v) is 11.0. The van der Waals surface area contributed by atoms with Crippen molar-refractivity contribution < 1.29 is 5.11 Å². The maximum atomic E-state index is 10.4. The predicted molar refractivity (Wildman–Crippen MR) is 99.6 cm³/mol. The zero-order valence-electron chi connectivity index (χ0n) is 14.5. The summed E-state index contributed by atoms with van der Waals surface area (Å²) in [7, 11) is 0. The van der Waals surface area contributed by atoms with Crippen LogP contribution in [0, 0.1) is 0 Å². The van der Waals surface area contributed by atoms with Gasteiger partial charge < -0.3 is 5.11 Å². The molecule has 1 N–H and O–H groups in total. The molecule has 0 atom stereocenters. The second-order valence-electron chi connectivity index (χ2n) is 7.42. The highest BCUT2D eigenvalue weighted by molar-refractivity contribution is 8.00. The fourth-order valence-corrected chi connectivity index (χ4v) is 3.46. The Kier molecular flexibility index (Phi) is 6.54. The van der Waals surface area contributed by atoms with Gasteiger partial charge in [-0.3, -0.25) is 0 Å². The van der Waals surface area contributed by atoms with E-state index in [4.69, 9.17) is 0 Å². The SMILES string of the molecule is CCc1cc(CSC(C)(C)C)cc(CSC(C)(C)C)c1O. The van der Waals surface area contributed by atoms with Crippen molar-refractivity contribution in [1.82, 2.24) is 0 Å². The topological polar surface area (TPSA) is 20.2 Å². The van der Waals surface area contributed by atoms with Crippen LogP contribution in [-0.2, 0) is 17.9 Å². The monoisotopic (exact) mass is 326 g/mol. The standard InChI is InChI=1S/C18H30OS2/c1-8-14-9-13(11-20-17(2,3)4)10-15(16(14)19)12-21-18(5,6)7/h9-10,19H,8,11-12H2,1-7H3. The van der Waals surface area contributed by atoms with Gasteiger partial charge in [-0.2, -0.15) is 23.5 Å². The third kappa shape index (κ3) is 7.01. The first kappa shape index (κ1) is 18.8. The number of benzene rings is 1. The molecular formula is C18H30OS2. The van der Waals surface area contributed by atoms with Crippen LogP contribution in [-0.4, -0.2) is 14.6 Å². The molecule has 0 amide bonds. The van der Waals surface area contributed by atoms with Crippen molar-refractivity contribution in [3.05, 3.63) is 28.8 Å². The summed E-state index contributed by atoms with van der Waals surface area (Å²) in [5, 5.41) is 10.4. The minimum Gasteiger partial charge on any atom is -0.507 e. The van der Waals surface area contributed by atoms with Crippen LogP contribution in [0.2, 0.25) is 0 Å². The molecule has 21 heavy (non-hydrogen) atoms. The van der Waals surface area contributed by atoms with Crippen molar-refractivity contribution in [2.75, 3.05) is 0 Å². The van der Waals surface area contributed by atoms with E-state index in [0.29, 0.717) is 5.75 Å². The molecule has 0 heterocycles. The fourth-order valence-electron chi connectivity index (χ4n) is 1.89. The zero-order chi connectivity index (χ0) is 16.3. The summed E-state index contributed by atoms with van der Waals surface area (Å²) in [4.78, 5) is 0. The maximum Gasteiger partial charge on any atom is 0.122 e. The van der Waals surface area contributed by atoms with Gasteiger partial charge in [-0.05, 0) is 17.5 Å². The first-order valence-corrected chi connectivity index (χ1v) is 9.60. The first-order valence-electron chi connectivity index (χ1n) is 7.63. The molecule has 0 saturated heterocycles. The van der Waals surface area contributed by atoms with Gasteiger partial charge in [0.05, 0.1) is 0 Å². The minimum absolute atomic E-state index is 0.217. The van der Waals surface area contributed by atoms with Crippen LogP contribution in [0.5, 0.6) is 5.75 Å². The molecular weight excluding hydrogens is 296 g/mol. The fraction of sp³-hybridized carbons (Fsp3) is 0.667. The number of phenols is 1. The van der Waals surface area contributed by atoms with Gasteiger partial charge in [0, 0.05) is 26.6 Å². The van der Waals surface area contributed by atoms with Crippen molar-refractivity contribution in [1.29, 1.82) is 0 Å². The summed E-state index contributed by atoms with van der Waals surface area (Å²) in [6, 6.07) is 4.35. The third-order valence-corrected chi connectivity index (χ3v) is 5.71. The molecule has 0 aliphatic rings. The molecule has 1 rings (SSSR count). The Morgan fingerprint density at radius 2 is 1.33 bits per heavy atom. The quantitative estimate of drug-likeness (QED) is 0.714. The molecule has 0 aliphatic heterocycles. The lowest BCUT2D eigenvalue weighted by Gasteiger charge is -2.21. The Balaban J connectivity index is 2.95. The van der Waals surface area contributed by atoms with Crippen molar-refractivity contribution in [3.8, 4) is 5.75 Å². The van der Waals surface area contributed by atoms with Gasteiger partial charge in [0.1, 0.15) is 5.75 Å². The predicted octanol–water partition coefficient (Wildman–Crippen LogP) is 6.02. The average Bonchev–Trinajstić information content (AvgIpc) is 2.34. The van der Waals surface area contributed by atoms with Crippen LogP contribution in [0.25, 0.3) is 0 Å². The van der Waals surface area contributed by atoms with Gasteiger partial charge in [-0.1, -0.05) is 60.6 Å². The Labute approximate surface area is 139 Å². The number of phenolic OH excluding ortho intramolecular Hbond substituents is 1. The van der Waals surface area contributed by atoms with E-state index < -0.39 is 0 Å². The summed E-state index contributed by atoms with van der Waals surface area (Å²) in [6.45, 7) is 15.5. The molecule has 1 nitrogen and oxygen atoms in total. The molecule has 0 unspecified atom stereocenters. The van der Waals surface area contributed by atoms with Crippen molar-refractivity contribution in [2.45, 2.75) is 75.9 Å².